The predicted octanol–water partition coefficient (Wildman–Crippen LogP) is 3.00. The highest BCUT2D eigenvalue weighted by molar-refractivity contribution is 5.91. The number of carbonyl (C=O) groups excluding carboxylic acids is 1. The number of likely N-dealkylation sites (tertiary alicyclic amines) is 1. The number of rotatable bonds is 3. The van der Waals surface area contributed by atoms with Gasteiger partial charge in [0.05, 0.1) is 19.4 Å². The minimum Gasteiger partial charge on any atom is -0.490 e. The normalized spacial score (nSPS) is 18.5. The maximum Gasteiger partial charge on any atom is 0.290 e. The molecule has 1 saturated heterocycles. The first-order valence-electron chi connectivity index (χ1n) is 7.72. The van der Waals surface area contributed by atoms with Crippen molar-refractivity contribution in [3.05, 3.63) is 52.5 Å². The Morgan fingerprint density at radius 2 is 2.17 bits per heavy atom. The summed E-state index contributed by atoms with van der Waals surface area (Å²) in [5.41, 5.74) is -0.369. The molecular formula is C17H19NO5. The first-order valence-corrected chi connectivity index (χ1v) is 7.72. The molecule has 1 aliphatic heterocycles. The molecule has 1 fully saturated rings. The third-order valence-electron chi connectivity index (χ3n) is 4.11. The molecule has 3 heterocycles. The van der Waals surface area contributed by atoms with Gasteiger partial charge in [0.25, 0.3) is 5.91 Å². The van der Waals surface area contributed by atoms with Crippen LogP contribution in [0.25, 0.3) is 0 Å². The largest absolute Gasteiger partial charge is 0.490 e. The van der Waals surface area contributed by atoms with Gasteiger partial charge in [-0.3, -0.25) is 9.59 Å². The first-order chi connectivity index (χ1) is 11.2. The molecule has 0 unspecified atom stereocenters. The van der Waals surface area contributed by atoms with Crippen molar-refractivity contribution in [3.63, 3.8) is 0 Å². The Morgan fingerprint density at radius 1 is 1.30 bits per heavy atom. The Kier molecular flexibility index (Phi) is 4.50. The van der Waals surface area contributed by atoms with Crippen LogP contribution < -0.4 is 10.2 Å². The fraction of sp³-hybridized carbons (Fsp3) is 0.412. The van der Waals surface area contributed by atoms with E-state index in [2.05, 4.69) is 0 Å². The summed E-state index contributed by atoms with van der Waals surface area (Å²) < 4.78 is 15.7. The van der Waals surface area contributed by atoms with E-state index in [9.17, 15) is 9.59 Å². The zero-order chi connectivity index (χ0) is 16.2. The fourth-order valence-corrected chi connectivity index (χ4v) is 2.93. The van der Waals surface area contributed by atoms with Crippen molar-refractivity contribution in [2.24, 2.45) is 0 Å². The SMILES string of the molecule is COc1coc(C(=O)N2CCCCC[C@H]2c2ccco2)cc1=O. The van der Waals surface area contributed by atoms with Crippen LogP contribution in [0.3, 0.4) is 0 Å². The van der Waals surface area contributed by atoms with Gasteiger partial charge in [0.2, 0.25) is 11.2 Å². The summed E-state index contributed by atoms with van der Waals surface area (Å²) in [5.74, 6) is 0.568. The molecule has 0 bridgehead atoms. The van der Waals surface area contributed by atoms with Gasteiger partial charge >= 0.3 is 0 Å². The van der Waals surface area contributed by atoms with E-state index >= 15 is 0 Å². The first kappa shape index (κ1) is 15.4. The minimum atomic E-state index is -0.369. The monoisotopic (exact) mass is 317 g/mol. The Balaban J connectivity index is 1.91. The number of carbonyl (C=O) groups is 1. The average Bonchev–Trinajstić information content (AvgIpc) is 2.98. The van der Waals surface area contributed by atoms with E-state index in [4.69, 9.17) is 13.6 Å². The molecule has 6 nitrogen and oxygen atoms in total. The molecule has 1 aliphatic rings. The van der Waals surface area contributed by atoms with Gasteiger partial charge in [0, 0.05) is 12.6 Å². The second-order valence-corrected chi connectivity index (χ2v) is 5.56. The Morgan fingerprint density at radius 3 is 2.87 bits per heavy atom. The summed E-state index contributed by atoms with van der Waals surface area (Å²) in [5, 5.41) is 0. The van der Waals surface area contributed by atoms with Gasteiger partial charge in [-0.15, -0.1) is 0 Å². The van der Waals surface area contributed by atoms with Crippen molar-refractivity contribution in [2.75, 3.05) is 13.7 Å². The van der Waals surface area contributed by atoms with Crippen molar-refractivity contribution in [1.82, 2.24) is 4.90 Å². The number of ether oxygens (including phenoxy) is 1. The maximum absolute atomic E-state index is 12.8. The van der Waals surface area contributed by atoms with Gasteiger partial charge in [0.15, 0.2) is 5.76 Å². The lowest BCUT2D eigenvalue weighted by atomic mass is 10.1. The van der Waals surface area contributed by atoms with E-state index in [1.165, 1.54) is 19.4 Å². The minimum absolute atomic E-state index is 0.0225. The average molecular weight is 317 g/mol. The molecular weight excluding hydrogens is 298 g/mol. The second-order valence-electron chi connectivity index (χ2n) is 5.56. The van der Waals surface area contributed by atoms with Crippen LogP contribution in [0.15, 0.2) is 44.4 Å². The van der Waals surface area contributed by atoms with Crippen LogP contribution in [-0.2, 0) is 0 Å². The van der Waals surface area contributed by atoms with Crippen LogP contribution in [0.4, 0.5) is 0 Å². The van der Waals surface area contributed by atoms with Crippen LogP contribution in [0.5, 0.6) is 5.75 Å². The van der Waals surface area contributed by atoms with Crippen molar-refractivity contribution in [3.8, 4) is 5.75 Å². The highest BCUT2D eigenvalue weighted by atomic mass is 16.5. The van der Waals surface area contributed by atoms with Gasteiger partial charge in [-0.25, -0.2) is 0 Å². The standard InChI is InChI=1S/C17H19NO5/c1-21-16-11-23-15(10-13(16)19)17(20)18-8-4-2-3-6-12(18)14-7-5-9-22-14/h5,7,9-12H,2-4,6,8H2,1H3/t12-/m0/s1. The van der Waals surface area contributed by atoms with E-state index in [0.717, 1.165) is 31.4 Å². The quantitative estimate of drug-likeness (QED) is 0.870. The Hall–Kier alpha value is -2.50. The van der Waals surface area contributed by atoms with E-state index in [0.29, 0.717) is 6.54 Å². The molecule has 0 aliphatic carbocycles. The van der Waals surface area contributed by atoms with E-state index < -0.39 is 0 Å². The molecule has 3 rings (SSSR count). The second kappa shape index (κ2) is 6.73. The molecule has 6 heteroatoms. The molecule has 23 heavy (non-hydrogen) atoms. The van der Waals surface area contributed by atoms with Crippen LogP contribution in [0.2, 0.25) is 0 Å². The van der Waals surface area contributed by atoms with Crippen LogP contribution in [0, 0.1) is 0 Å². The number of hydrogen-bond acceptors (Lipinski definition) is 5. The van der Waals surface area contributed by atoms with Crippen molar-refractivity contribution >= 4 is 5.91 Å². The van der Waals surface area contributed by atoms with Crippen LogP contribution in [0.1, 0.15) is 48.0 Å². The molecule has 0 radical (unpaired) electrons. The van der Waals surface area contributed by atoms with Crippen molar-refractivity contribution < 1.29 is 18.4 Å². The lowest BCUT2D eigenvalue weighted by Crippen LogP contribution is -2.35. The van der Waals surface area contributed by atoms with Gasteiger partial charge in [-0.05, 0) is 25.0 Å². The molecule has 2 aromatic heterocycles. The zero-order valence-corrected chi connectivity index (χ0v) is 13.0. The fourth-order valence-electron chi connectivity index (χ4n) is 2.93. The Bertz CT molecular complexity index is 719. The highest BCUT2D eigenvalue weighted by Crippen LogP contribution is 2.31. The van der Waals surface area contributed by atoms with E-state index in [1.807, 2.05) is 12.1 Å². The van der Waals surface area contributed by atoms with Crippen molar-refractivity contribution in [1.29, 1.82) is 0 Å². The van der Waals surface area contributed by atoms with Gasteiger partial charge in [0.1, 0.15) is 12.0 Å². The molecule has 2 aromatic rings. The molecule has 0 saturated carbocycles. The van der Waals surface area contributed by atoms with Crippen LogP contribution in [-0.4, -0.2) is 24.5 Å². The Labute approximate surface area is 133 Å². The van der Waals surface area contributed by atoms with E-state index in [1.54, 1.807) is 11.2 Å². The third kappa shape index (κ3) is 3.16. The molecule has 1 amide bonds. The zero-order valence-electron chi connectivity index (χ0n) is 13.0. The number of nitrogens with zero attached hydrogens (tertiary/aromatic N) is 1. The summed E-state index contributed by atoms with van der Waals surface area (Å²) in [4.78, 5) is 26.4. The van der Waals surface area contributed by atoms with Gasteiger partial charge in [-0.2, -0.15) is 0 Å². The van der Waals surface area contributed by atoms with Gasteiger partial charge in [-0.1, -0.05) is 12.8 Å². The van der Waals surface area contributed by atoms with E-state index in [-0.39, 0.29) is 28.9 Å². The van der Waals surface area contributed by atoms with Crippen molar-refractivity contribution in [2.45, 2.75) is 31.7 Å². The molecule has 1 atom stereocenters. The number of hydrogen-bond donors (Lipinski definition) is 0. The molecule has 0 aromatic carbocycles. The highest BCUT2D eigenvalue weighted by Gasteiger charge is 2.30. The molecule has 0 N–H and O–H groups in total. The summed E-state index contributed by atoms with van der Waals surface area (Å²) in [6.07, 6.45) is 6.63. The third-order valence-corrected chi connectivity index (χ3v) is 4.11. The predicted molar refractivity (Wildman–Crippen MR) is 82.5 cm³/mol. The topological polar surface area (TPSA) is 72.9 Å². The number of amides is 1. The summed E-state index contributed by atoms with van der Waals surface area (Å²) in [6.45, 7) is 0.611. The lowest BCUT2D eigenvalue weighted by Gasteiger charge is -2.28. The smallest absolute Gasteiger partial charge is 0.290 e. The number of furan rings is 1. The molecule has 0 spiro atoms. The number of methoxy groups -OCH3 is 1. The summed E-state index contributed by atoms with van der Waals surface area (Å²) in [7, 11) is 1.38. The maximum atomic E-state index is 12.8. The summed E-state index contributed by atoms with van der Waals surface area (Å²) >= 11 is 0. The summed E-state index contributed by atoms with van der Waals surface area (Å²) in [6, 6.07) is 4.75. The lowest BCUT2D eigenvalue weighted by molar-refractivity contribution is 0.0622. The van der Waals surface area contributed by atoms with Gasteiger partial charge < -0.3 is 18.5 Å². The van der Waals surface area contributed by atoms with Crippen LogP contribution >= 0.6 is 0 Å². The molecule has 122 valence electrons.